The Balaban J connectivity index is 1.66. The molecular formula is C23H23FN2O3. The standard InChI is InChI=1S/C23H23FN2O3/c1-15-4-9-20-17(11-15)12-18(22(27)25-20)14-26(23(28)21-3-2-10-29-21)13-16-5-7-19(24)8-6-16/h4-9,11-12,21H,2-3,10,13-14H2,1H3,(H,25,27). The first-order valence-electron chi connectivity index (χ1n) is 9.77. The number of hydrogen-bond donors (Lipinski definition) is 1. The number of aromatic amines is 1. The third-order valence-corrected chi connectivity index (χ3v) is 5.24. The van der Waals surface area contributed by atoms with Crippen molar-refractivity contribution in [3.63, 3.8) is 0 Å². The Kier molecular flexibility index (Phi) is 5.45. The summed E-state index contributed by atoms with van der Waals surface area (Å²) in [4.78, 5) is 30.2. The number of carbonyl (C=O) groups excluding carboxylic acids is 1. The second kappa shape index (κ2) is 8.17. The first-order valence-corrected chi connectivity index (χ1v) is 9.77. The van der Waals surface area contributed by atoms with Gasteiger partial charge < -0.3 is 14.6 Å². The number of fused-ring (bicyclic) bond motifs is 1. The molecule has 1 atom stereocenters. The molecule has 0 bridgehead atoms. The number of aromatic nitrogens is 1. The van der Waals surface area contributed by atoms with E-state index in [1.807, 2.05) is 31.2 Å². The van der Waals surface area contributed by atoms with Gasteiger partial charge in [-0.25, -0.2) is 4.39 Å². The largest absolute Gasteiger partial charge is 0.368 e. The fraction of sp³-hybridized carbons (Fsp3) is 0.304. The molecule has 0 aliphatic carbocycles. The number of carbonyl (C=O) groups is 1. The molecule has 1 fully saturated rings. The van der Waals surface area contributed by atoms with E-state index in [0.717, 1.165) is 28.5 Å². The molecule has 0 spiro atoms. The minimum absolute atomic E-state index is 0.143. The van der Waals surface area contributed by atoms with Gasteiger partial charge in [-0.2, -0.15) is 0 Å². The Morgan fingerprint density at radius 3 is 2.69 bits per heavy atom. The van der Waals surface area contributed by atoms with Gasteiger partial charge in [-0.1, -0.05) is 23.8 Å². The van der Waals surface area contributed by atoms with Gasteiger partial charge in [0.05, 0.1) is 6.54 Å². The van der Waals surface area contributed by atoms with Crippen LogP contribution in [0.25, 0.3) is 10.9 Å². The lowest BCUT2D eigenvalue weighted by atomic mass is 10.1. The lowest BCUT2D eigenvalue weighted by Crippen LogP contribution is -2.39. The number of H-pyrrole nitrogens is 1. The van der Waals surface area contributed by atoms with Crippen LogP contribution in [-0.4, -0.2) is 28.5 Å². The molecule has 3 aromatic rings. The highest BCUT2D eigenvalue weighted by Crippen LogP contribution is 2.20. The Hall–Kier alpha value is -2.99. The molecule has 1 unspecified atom stereocenters. The van der Waals surface area contributed by atoms with Crippen molar-refractivity contribution >= 4 is 16.8 Å². The topological polar surface area (TPSA) is 62.4 Å². The summed E-state index contributed by atoms with van der Waals surface area (Å²) in [5.74, 6) is -0.470. The normalized spacial score (nSPS) is 16.3. The summed E-state index contributed by atoms with van der Waals surface area (Å²) in [6, 6.07) is 13.7. The number of aryl methyl sites for hydroxylation is 1. The van der Waals surface area contributed by atoms with Gasteiger partial charge >= 0.3 is 0 Å². The summed E-state index contributed by atoms with van der Waals surface area (Å²) in [5.41, 5.74) is 2.95. The van der Waals surface area contributed by atoms with E-state index < -0.39 is 6.10 Å². The van der Waals surface area contributed by atoms with E-state index in [-0.39, 0.29) is 30.4 Å². The molecule has 0 radical (unpaired) electrons. The van der Waals surface area contributed by atoms with E-state index in [2.05, 4.69) is 4.98 Å². The van der Waals surface area contributed by atoms with Gasteiger partial charge in [0.25, 0.3) is 11.5 Å². The molecule has 1 saturated heterocycles. The van der Waals surface area contributed by atoms with Crippen molar-refractivity contribution in [2.24, 2.45) is 0 Å². The van der Waals surface area contributed by atoms with Gasteiger partial charge in [0.15, 0.2) is 0 Å². The zero-order valence-corrected chi connectivity index (χ0v) is 16.3. The number of ether oxygens (including phenoxy) is 1. The van der Waals surface area contributed by atoms with Crippen LogP contribution in [0.2, 0.25) is 0 Å². The Labute approximate surface area is 168 Å². The van der Waals surface area contributed by atoms with Crippen LogP contribution in [0.15, 0.2) is 53.3 Å². The van der Waals surface area contributed by atoms with Gasteiger partial charge in [0, 0.05) is 24.2 Å². The van der Waals surface area contributed by atoms with Crippen LogP contribution in [0.3, 0.4) is 0 Å². The Bertz CT molecular complexity index is 1090. The molecule has 2 aromatic carbocycles. The first-order chi connectivity index (χ1) is 14.0. The molecule has 1 aliphatic heterocycles. The van der Waals surface area contributed by atoms with Gasteiger partial charge in [0.1, 0.15) is 11.9 Å². The Morgan fingerprint density at radius 1 is 1.17 bits per heavy atom. The molecule has 29 heavy (non-hydrogen) atoms. The molecule has 5 nitrogen and oxygen atoms in total. The van der Waals surface area contributed by atoms with Crippen molar-refractivity contribution in [1.82, 2.24) is 9.88 Å². The highest BCUT2D eigenvalue weighted by molar-refractivity contribution is 5.82. The number of rotatable bonds is 5. The lowest BCUT2D eigenvalue weighted by Gasteiger charge is -2.25. The van der Waals surface area contributed by atoms with Crippen LogP contribution in [0.1, 0.15) is 29.5 Å². The van der Waals surface area contributed by atoms with Crippen molar-refractivity contribution < 1.29 is 13.9 Å². The highest BCUT2D eigenvalue weighted by Gasteiger charge is 2.29. The van der Waals surface area contributed by atoms with Crippen LogP contribution in [-0.2, 0) is 22.6 Å². The lowest BCUT2D eigenvalue weighted by molar-refractivity contribution is -0.142. The number of halogens is 1. The molecule has 1 amide bonds. The maximum Gasteiger partial charge on any atom is 0.253 e. The number of nitrogens with zero attached hydrogens (tertiary/aromatic N) is 1. The fourth-order valence-corrected chi connectivity index (χ4v) is 3.69. The molecule has 6 heteroatoms. The summed E-state index contributed by atoms with van der Waals surface area (Å²) >= 11 is 0. The number of hydrogen-bond acceptors (Lipinski definition) is 3. The van der Waals surface area contributed by atoms with Crippen molar-refractivity contribution in [3.05, 3.63) is 81.4 Å². The summed E-state index contributed by atoms with van der Waals surface area (Å²) in [6.07, 6.45) is 1.03. The predicted octanol–water partition coefficient (Wildman–Crippen LogP) is 3.68. The minimum Gasteiger partial charge on any atom is -0.368 e. The van der Waals surface area contributed by atoms with E-state index >= 15 is 0 Å². The van der Waals surface area contributed by atoms with E-state index in [1.165, 1.54) is 12.1 Å². The SMILES string of the molecule is Cc1ccc2[nH]c(=O)c(CN(Cc3ccc(F)cc3)C(=O)C3CCCO3)cc2c1. The number of pyridine rings is 1. The quantitative estimate of drug-likeness (QED) is 0.718. The third-order valence-electron chi connectivity index (χ3n) is 5.24. The molecule has 2 heterocycles. The predicted molar refractivity (Wildman–Crippen MR) is 109 cm³/mol. The van der Waals surface area contributed by atoms with E-state index in [9.17, 15) is 14.0 Å². The molecule has 1 N–H and O–H groups in total. The molecule has 4 rings (SSSR count). The number of benzene rings is 2. The number of amides is 1. The van der Waals surface area contributed by atoms with Gasteiger partial charge in [-0.05, 0) is 61.0 Å². The average Bonchev–Trinajstić information content (AvgIpc) is 3.24. The van der Waals surface area contributed by atoms with Crippen molar-refractivity contribution in [3.8, 4) is 0 Å². The second-order valence-electron chi connectivity index (χ2n) is 7.54. The summed E-state index contributed by atoms with van der Waals surface area (Å²) in [5, 5.41) is 0.922. The average molecular weight is 394 g/mol. The maximum absolute atomic E-state index is 13.3. The van der Waals surface area contributed by atoms with E-state index in [1.54, 1.807) is 17.0 Å². The summed E-state index contributed by atoms with van der Waals surface area (Å²) < 4.78 is 18.8. The van der Waals surface area contributed by atoms with E-state index in [4.69, 9.17) is 4.74 Å². The molecular weight excluding hydrogens is 371 g/mol. The monoisotopic (exact) mass is 394 g/mol. The molecule has 0 saturated carbocycles. The van der Waals surface area contributed by atoms with Gasteiger partial charge in [0.2, 0.25) is 0 Å². The van der Waals surface area contributed by atoms with Crippen LogP contribution in [0.4, 0.5) is 4.39 Å². The minimum atomic E-state index is -0.489. The van der Waals surface area contributed by atoms with Crippen molar-refractivity contribution in [2.75, 3.05) is 6.61 Å². The molecule has 1 aromatic heterocycles. The van der Waals surface area contributed by atoms with Crippen LogP contribution in [0, 0.1) is 12.7 Å². The van der Waals surface area contributed by atoms with Crippen LogP contribution >= 0.6 is 0 Å². The molecule has 1 aliphatic rings. The number of nitrogens with one attached hydrogen (secondary N) is 1. The third kappa shape index (κ3) is 4.38. The zero-order chi connectivity index (χ0) is 20.4. The zero-order valence-electron chi connectivity index (χ0n) is 16.3. The van der Waals surface area contributed by atoms with Crippen LogP contribution < -0.4 is 5.56 Å². The van der Waals surface area contributed by atoms with Crippen molar-refractivity contribution in [2.45, 2.75) is 39.0 Å². The maximum atomic E-state index is 13.3. The molecule has 150 valence electrons. The van der Waals surface area contributed by atoms with Crippen LogP contribution in [0.5, 0.6) is 0 Å². The highest BCUT2D eigenvalue weighted by atomic mass is 19.1. The van der Waals surface area contributed by atoms with Crippen molar-refractivity contribution in [1.29, 1.82) is 0 Å². The second-order valence-corrected chi connectivity index (χ2v) is 7.54. The Morgan fingerprint density at radius 2 is 1.97 bits per heavy atom. The first kappa shape index (κ1) is 19.3. The van der Waals surface area contributed by atoms with Gasteiger partial charge in [-0.3, -0.25) is 9.59 Å². The van der Waals surface area contributed by atoms with E-state index in [0.29, 0.717) is 18.6 Å². The van der Waals surface area contributed by atoms with Gasteiger partial charge in [-0.15, -0.1) is 0 Å². The fourth-order valence-electron chi connectivity index (χ4n) is 3.69. The summed E-state index contributed by atoms with van der Waals surface area (Å²) in [7, 11) is 0. The summed E-state index contributed by atoms with van der Waals surface area (Å²) in [6.45, 7) is 3.00. The smallest absolute Gasteiger partial charge is 0.253 e.